The zero-order valence-corrected chi connectivity index (χ0v) is 8.73. The van der Waals surface area contributed by atoms with Gasteiger partial charge in [0, 0.05) is 22.8 Å². The van der Waals surface area contributed by atoms with E-state index in [0.29, 0.717) is 5.75 Å². The van der Waals surface area contributed by atoms with Crippen molar-refractivity contribution in [2.75, 3.05) is 6.26 Å². The van der Waals surface area contributed by atoms with E-state index in [1.165, 1.54) is 0 Å². The standard InChI is InChI=1S/C8H10OS.C2H6/c1-10(9)7-8-5-3-2-4-6-8;1-2/h2-6H,7H2,1H3;1-2H3. The van der Waals surface area contributed by atoms with Crippen LogP contribution in [0.1, 0.15) is 19.4 Å². The van der Waals surface area contributed by atoms with Gasteiger partial charge in [-0.25, -0.2) is 0 Å². The van der Waals surface area contributed by atoms with Crippen molar-refractivity contribution in [2.24, 2.45) is 0 Å². The first-order valence-electron chi connectivity index (χ1n) is 4.13. The van der Waals surface area contributed by atoms with Crippen molar-refractivity contribution in [3.63, 3.8) is 0 Å². The first kappa shape index (κ1) is 11.4. The minimum Gasteiger partial charge on any atom is -0.260 e. The van der Waals surface area contributed by atoms with E-state index in [9.17, 15) is 4.21 Å². The van der Waals surface area contributed by atoms with Gasteiger partial charge in [0.1, 0.15) is 0 Å². The lowest BCUT2D eigenvalue weighted by molar-refractivity contribution is 0.686. The first-order chi connectivity index (χ1) is 5.79. The Hall–Kier alpha value is -0.630. The highest BCUT2D eigenvalue weighted by Crippen LogP contribution is 2.00. The van der Waals surface area contributed by atoms with Gasteiger partial charge in [-0.05, 0) is 5.56 Å². The SMILES string of the molecule is CC.CS(=O)Cc1ccccc1. The Balaban J connectivity index is 0.000000561. The topological polar surface area (TPSA) is 17.1 Å². The van der Waals surface area contributed by atoms with Crippen LogP contribution in [0.15, 0.2) is 30.3 Å². The highest BCUT2D eigenvalue weighted by molar-refractivity contribution is 7.83. The molecule has 12 heavy (non-hydrogen) atoms. The molecule has 1 rings (SSSR count). The fourth-order valence-electron chi connectivity index (χ4n) is 0.809. The van der Waals surface area contributed by atoms with E-state index < -0.39 is 10.8 Å². The van der Waals surface area contributed by atoms with Crippen LogP contribution in [0.3, 0.4) is 0 Å². The zero-order valence-electron chi connectivity index (χ0n) is 7.91. The van der Waals surface area contributed by atoms with Crippen molar-refractivity contribution >= 4 is 10.8 Å². The Morgan fingerprint density at radius 2 is 1.67 bits per heavy atom. The van der Waals surface area contributed by atoms with Crippen LogP contribution in [-0.4, -0.2) is 10.5 Å². The Kier molecular flexibility index (Phi) is 6.67. The molecule has 0 aliphatic carbocycles. The highest BCUT2D eigenvalue weighted by atomic mass is 32.2. The molecule has 0 N–H and O–H groups in total. The molecule has 0 bridgehead atoms. The van der Waals surface area contributed by atoms with Gasteiger partial charge in [0.15, 0.2) is 0 Å². The van der Waals surface area contributed by atoms with Crippen LogP contribution in [0, 0.1) is 0 Å². The lowest BCUT2D eigenvalue weighted by atomic mass is 10.2. The van der Waals surface area contributed by atoms with Crippen molar-refractivity contribution in [3.8, 4) is 0 Å². The van der Waals surface area contributed by atoms with E-state index in [-0.39, 0.29) is 0 Å². The van der Waals surface area contributed by atoms with E-state index in [4.69, 9.17) is 0 Å². The molecular formula is C10H16OS. The summed E-state index contributed by atoms with van der Waals surface area (Å²) in [5, 5.41) is 0. The van der Waals surface area contributed by atoms with Crippen LogP contribution >= 0.6 is 0 Å². The van der Waals surface area contributed by atoms with Gasteiger partial charge in [-0.1, -0.05) is 44.2 Å². The van der Waals surface area contributed by atoms with Gasteiger partial charge in [-0.3, -0.25) is 4.21 Å². The number of hydrogen-bond donors (Lipinski definition) is 0. The highest BCUT2D eigenvalue weighted by Gasteiger charge is 1.91. The third-order valence-electron chi connectivity index (χ3n) is 1.21. The van der Waals surface area contributed by atoms with Gasteiger partial charge < -0.3 is 0 Å². The van der Waals surface area contributed by atoms with E-state index >= 15 is 0 Å². The number of rotatable bonds is 2. The normalized spacial score (nSPS) is 11.2. The molecule has 1 unspecified atom stereocenters. The Morgan fingerprint density at radius 3 is 2.08 bits per heavy atom. The van der Waals surface area contributed by atoms with Crippen LogP contribution in [0.4, 0.5) is 0 Å². The molecule has 0 aliphatic rings. The Morgan fingerprint density at radius 1 is 1.17 bits per heavy atom. The van der Waals surface area contributed by atoms with Crippen LogP contribution in [0.25, 0.3) is 0 Å². The zero-order chi connectivity index (χ0) is 9.40. The second-order valence-corrected chi connectivity index (χ2v) is 3.64. The average molecular weight is 184 g/mol. The molecule has 68 valence electrons. The van der Waals surface area contributed by atoms with Crippen LogP contribution in [-0.2, 0) is 16.6 Å². The smallest absolute Gasteiger partial charge is 0.0482 e. The summed E-state index contributed by atoms with van der Waals surface area (Å²) in [7, 11) is -0.717. The van der Waals surface area contributed by atoms with Crippen molar-refractivity contribution in [2.45, 2.75) is 19.6 Å². The largest absolute Gasteiger partial charge is 0.260 e. The summed E-state index contributed by atoms with van der Waals surface area (Å²) >= 11 is 0. The second kappa shape index (κ2) is 7.04. The maximum Gasteiger partial charge on any atom is 0.0482 e. The Bertz CT molecular complexity index is 219. The van der Waals surface area contributed by atoms with Crippen molar-refractivity contribution in [3.05, 3.63) is 35.9 Å². The molecule has 0 aromatic heterocycles. The van der Waals surface area contributed by atoms with Crippen LogP contribution in [0.2, 0.25) is 0 Å². The molecule has 0 radical (unpaired) electrons. The molecule has 0 saturated carbocycles. The van der Waals surface area contributed by atoms with Gasteiger partial charge in [-0.15, -0.1) is 0 Å². The summed E-state index contributed by atoms with van der Waals surface area (Å²) in [6.45, 7) is 4.00. The maximum absolute atomic E-state index is 10.7. The van der Waals surface area contributed by atoms with E-state index in [1.807, 2.05) is 44.2 Å². The number of hydrogen-bond acceptors (Lipinski definition) is 1. The quantitative estimate of drug-likeness (QED) is 0.690. The molecular weight excluding hydrogens is 168 g/mol. The fourth-order valence-corrected chi connectivity index (χ4v) is 1.47. The number of benzene rings is 1. The Labute approximate surface area is 77.3 Å². The molecule has 0 heterocycles. The van der Waals surface area contributed by atoms with E-state index in [1.54, 1.807) is 6.26 Å². The van der Waals surface area contributed by atoms with E-state index in [2.05, 4.69) is 0 Å². The predicted molar refractivity (Wildman–Crippen MR) is 55.6 cm³/mol. The molecule has 2 heteroatoms. The predicted octanol–water partition coefficient (Wildman–Crippen LogP) is 2.59. The molecule has 0 spiro atoms. The lowest BCUT2D eigenvalue weighted by Crippen LogP contribution is -1.90. The van der Waals surface area contributed by atoms with Gasteiger partial charge in [-0.2, -0.15) is 0 Å². The van der Waals surface area contributed by atoms with Gasteiger partial charge in [0.25, 0.3) is 0 Å². The minimum atomic E-state index is -0.717. The van der Waals surface area contributed by atoms with Gasteiger partial charge in [0.05, 0.1) is 0 Å². The first-order valence-corrected chi connectivity index (χ1v) is 5.86. The summed E-state index contributed by atoms with van der Waals surface area (Å²) in [5.74, 6) is 0.668. The average Bonchev–Trinajstić information content (AvgIpc) is 2.08. The van der Waals surface area contributed by atoms with Crippen LogP contribution in [0.5, 0.6) is 0 Å². The molecule has 0 fully saturated rings. The van der Waals surface area contributed by atoms with Crippen molar-refractivity contribution < 1.29 is 4.21 Å². The monoisotopic (exact) mass is 184 g/mol. The third-order valence-corrected chi connectivity index (χ3v) is 1.95. The molecule has 1 aromatic carbocycles. The molecule has 1 aromatic rings. The van der Waals surface area contributed by atoms with Crippen molar-refractivity contribution in [1.29, 1.82) is 0 Å². The molecule has 0 saturated heterocycles. The van der Waals surface area contributed by atoms with Gasteiger partial charge in [0.2, 0.25) is 0 Å². The second-order valence-electron chi connectivity index (χ2n) is 2.20. The lowest BCUT2D eigenvalue weighted by Gasteiger charge is -1.94. The summed E-state index contributed by atoms with van der Waals surface area (Å²) in [5.41, 5.74) is 1.14. The van der Waals surface area contributed by atoms with Crippen LogP contribution < -0.4 is 0 Å². The summed E-state index contributed by atoms with van der Waals surface area (Å²) in [6.07, 6.45) is 1.72. The molecule has 0 amide bonds. The fraction of sp³-hybridized carbons (Fsp3) is 0.400. The van der Waals surface area contributed by atoms with E-state index in [0.717, 1.165) is 5.56 Å². The molecule has 1 atom stereocenters. The third kappa shape index (κ3) is 5.08. The molecule has 1 nitrogen and oxygen atoms in total. The van der Waals surface area contributed by atoms with Crippen molar-refractivity contribution in [1.82, 2.24) is 0 Å². The summed E-state index contributed by atoms with van der Waals surface area (Å²) in [4.78, 5) is 0. The molecule has 0 aliphatic heterocycles. The summed E-state index contributed by atoms with van der Waals surface area (Å²) < 4.78 is 10.7. The maximum atomic E-state index is 10.7. The summed E-state index contributed by atoms with van der Waals surface area (Å²) in [6, 6.07) is 9.86. The minimum absolute atomic E-state index is 0.668. The van der Waals surface area contributed by atoms with Gasteiger partial charge >= 0.3 is 0 Å².